The summed E-state index contributed by atoms with van der Waals surface area (Å²) in [6, 6.07) is 2.50. The van der Waals surface area contributed by atoms with Crippen LogP contribution >= 0.6 is 12.4 Å². The average molecular weight is 378 g/mol. The summed E-state index contributed by atoms with van der Waals surface area (Å²) < 4.78 is 1.77. The largest absolute Gasteiger partial charge is 0.349 e. The Labute approximate surface area is 160 Å². The summed E-state index contributed by atoms with van der Waals surface area (Å²) >= 11 is 0. The van der Waals surface area contributed by atoms with E-state index in [9.17, 15) is 4.79 Å². The molecule has 7 heteroatoms. The molecule has 142 valence electrons. The predicted molar refractivity (Wildman–Crippen MR) is 104 cm³/mol. The van der Waals surface area contributed by atoms with E-state index >= 15 is 0 Å². The molecule has 2 unspecified atom stereocenters. The molecule has 2 aliphatic carbocycles. The minimum absolute atomic E-state index is 0. The molecule has 2 aromatic rings. The molecule has 2 bridgehead atoms. The molecule has 0 aromatic carbocycles. The van der Waals surface area contributed by atoms with Gasteiger partial charge in [-0.1, -0.05) is 6.42 Å². The van der Waals surface area contributed by atoms with Gasteiger partial charge in [-0.25, -0.2) is 9.50 Å². The monoisotopic (exact) mass is 377 g/mol. The number of halogens is 1. The lowest BCUT2D eigenvalue weighted by Gasteiger charge is -2.45. The van der Waals surface area contributed by atoms with E-state index in [-0.39, 0.29) is 30.4 Å². The molecule has 0 aliphatic heterocycles. The molecular formula is C19H28ClN5O. The Bertz CT molecular complexity index is 819. The first-order valence-electron chi connectivity index (χ1n) is 9.34. The number of fused-ring (bicyclic) bond motifs is 3. The van der Waals surface area contributed by atoms with E-state index < -0.39 is 0 Å². The maximum Gasteiger partial charge on any atom is 0.257 e. The SMILES string of the molecule is Cc1cc(C)n2nc(C)c(C(=O)NC3C4CCCC3CC(N)C4)c2n1.Cl. The van der Waals surface area contributed by atoms with Gasteiger partial charge in [-0.05, 0) is 64.4 Å². The lowest BCUT2D eigenvalue weighted by molar-refractivity contribution is 0.0756. The number of nitrogens with one attached hydrogen (secondary N) is 1. The van der Waals surface area contributed by atoms with Gasteiger partial charge in [-0.15, -0.1) is 12.4 Å². The zero-order chi connectivity index (χ0) is 17.7. The fourth-order valence-electron chi connectivity index (χ4n) is 4.94. The van der Waals surface area contributed by atoms with E-state index in [0.29, 0.717) is 23.0 Å². The molecule has 2 saturated carbocycles. The molecule has 2 aromatic heterocycles. The van der Waals surface area contributed by atoms with Gasteiger partial charge in [0.25, 0.3) is 5.91 Å². The molecule has 2 heterocycles. The standard InChI is InChI=1S/C19H27N5O.ClH/c1-10-7-11(2)24-18(21-10)16(12(3)23-24)19(25)22-17-13-5-4-6-14(17)9-15(20)8-13;/h7,13-15,17H,4-6,8-9,20H2,1-3H3,(H,22,25);1H. The fourth-order valence-corrected chi connectivity index (χ4v) is 4.94. The van der Waals surface area contributed by atoms with Gasteiger partial charge in [0.05, 0.1) is 5.69 Å². The zero-order valence-corrected chi connectivity index (χ0v) is 16.5. The third kappa shape index (κ3) is 3.21. The lowest BCUT2D eigenvalue weighted by Crippen LogP contribution is -2.53. The third-order valence-electron chi connectivity index (χ3n) is 5.97. The van der Waals surface area contributed by atoms with Crippen LogP contribution in [-0.2, 0) is 0 Å². The fraction of sp³-hybridized carbons (Fsp3) is 0.632. The number of aryl methyl sites for hydroxylation is 3. The summed E-state index contributed by atoms with van der Waals surface area (Å²) in [5.74, 6) is 0.970. The lowest BCUT2D eigenvalue weighted by atomic mass is 9.67. The Kier molecular flexibility index (Phi) is 5.26. The Morgan fingerprint density at radius 3 is 2.54 bits per heavy atom. The smallest absolute Gasteiger partial charge is 0.257 e. The number of nitrogens with two attached hydrogens (primary N) is 1. The number of carbonyl (C=O) groups is 1. The Morgan fingerprint density at radius 1 is 1.23 bits per heavy atom. The Balaban J connectivity index is 0.00000196. The van der Waals surface area contributed by atoms with Gasteiger partial charge in [0.15, 0.2) is 5.65 Å². The molecule has 4 rings (SSSR count). The van der Waals surface area contributed by atoms with E-state index in [0.717, 1.165) is 29.9 Å². The molecule has 2 fully saturated rings. The minimum Gasteiger partial charge on any atom is -0.349 e. The predicted octanol–water partition coefficient (Wildman–Crippen LogP) is 2.71. The first kappa shape index (κ1) is 19.1. The molecule has 0 radical (unpaired) electrons. The quantitative estimate of drug-likeness (QED) is 0.842. The molecule has 1 amide bonds. The van der Waals surface area contributed by atoms with Crippen molar-refractivity contribution in [2.75, 3.05) is 0 Å². The van der Waals surface area contributed by atoms with Crippen molar-refractivity contribution >= 4 is 24.0 Å². The van der Waals surface area contributed by atoms with Gasteiger partial charge in [0, 0.05) is 23.5 Å². The van der Waals surface area contributed by atoms with Crippen LogP contribution < -0.4 is 11.1 Å². The van der Waals surface area contributed by atoms with Crippen LogP contribution in [0.4, 0.5) is 0 Å². The highest BCUT2D eigenvalue weighted by molar-refractivity contribution is 6.01. The van der Waals surface area contributed by atoms with E-state index in [4.69, 9.17) is 5.73 Å². The molecular weight excluding hydrogens is 350 g/mol. The van der Waals surface area contributed by atoms with Gasteiger partial charge >= 0.3 is 0 Å². The average Bonchev–Trinajstić information content (AvgIpc) is 2.84. The van der Waals surface area contributed by atoms with Crippen LogP contribution in [0.2, 0.25) is 0 Å². The minimum atomic E-state index is -0.0395. The summed E-state index contributed by atoms with van der Waals surface area (Å²) in [5, 5.41) is 7.85. The van der Waals surface area contributed by atoms with Gasteiger partial charge in [-0.3, -0.25) is 4.79 Å². The highest BCUT2D eigenvalue weighted by atomic mass is 35.5. The molecule has 6 nitrogen and oxygen atoms in total. The van der Waals surface area contributed by atoms with Gasteiger partial charge in [0.1, 0.15) is 5.56 Å². The molecule has 3 N–H and O–H groups in total. The number of hydrogen-bond donors (Lipinski definition) is 2. The van der Waals surface area contributed by atoms with Crippen LogP contribution in [0, 0.1) is 32.6 Å². The second-order valence-electron chi connectivity index (χ2n) is 7.92. The maximum atomic E-state index is 13.1. The highest BCUT2D eigenvalue weighted by Gasteiger charge is 2.40. The van der Waals surface area contributed by atoms with Crippen LogP contribution in [0.3, 0.4) is 0 Å². The van der Waals surface area contributed by atoms with Crippen molar-refractivity contribution in [1.82, 2.24) is 19.9 Å². The van der Waals surface area contributed by atoms with Crippen LogP contribution in [0.15, 0.2) is 6.07 Å². The highest BCUT2D eigenvalue weighted by Crippen LogP contribution is 2.39. The normalized spacial score (nSPS) is 27.8. The van der Waals surface area contributed by atoms with Crippen molar-refractivity contribution in [2.24, 2.45) is 17.6 Å². The first-order chi connectivity index (χ1) is 11.9. The molecule has 2 aliphatic rings. The van der Waals surface area contributed by atoms with Crippen LogP contribution in [-0.4, -0.2) is 32.6 Å². The van der Waals surface area contributed by atoms with Crippen LogP contribution in [0.5, 0.6) is 0 Å². The van der Waals surface area contributed by atoms with Crippen molar-refractivity contribution in [3.8, 4) is 0 Å². The van der Waals surface area contributed by atoms with Crippen molar-refractivity contribution in [3.63, 3.8) is 0 Å². The van der Waals surface area contributed by atoms with Crippen molar-refractivity contribution in [2.45, 2.75) is 65.0 Å². The van der Waals surface area contributed by atoms with Crippen molar-refractivity contribution in [3.05, 3.63) is 28.7 Å². The van der Waals surface area contributed by atoms with E-state index in [1.165, 1.54) is 19.3 Å². The summed E-state index contributed by atoms with van der Waals surface area (Å²) in [7, 11) is 0. The van der Waals surface area contributed by atoms with Crippen LogP contribution in [0.25, 0.3) is 5.65 Å². The van der Waals surface area contributed by atoms with Gasteiger partial charge < -0.3 is 11.1 Å². The van der Waals surface area contributed by atoms with Gasteiger partial charge in [0.2, 0.25) is 0 Å². The molecule has 26 heavy (non-hydrogen) atoms. The van der Waals surface area contributed by atoms with E-state index in [1.807, 2.05) is 26.8 Å². The second-order valence-corrected chi connectivity index (χ2v) is 7.92. The number of rotatable bonds is 2. The number of aromatic nitrogens is 3. The number of nitrogens with zero attached hydrogens (tertiary/aromatic N) is 3. The molecule has 0 spiro atoms. The topological polar surface area (TPSA) is 85.3 Å². The van der Waals surface area contributed by atoms with E-state index in [2.05, 4.69) is 15.4 Å². The Morgan fingerprint density at radius 2 is 1.88 bits per heavy atom. The van der Waals surface area contributed by atoms with Crippen LogP contribution in [0.1, 0.15) is 59.5 Å². The second kappa shape index (κ2) is 7.16. The molecule has 2 atom stereocenters. The summed E-state index contributed by atoms with van der Waals surface area (Å²) in [6.07, 6.45) is 5.63. The molecule has 0 saturated heterocycles. The van der Waals surface area contributed by atoms with E-state index in [1.54, 1.807) is 4.52 Å². The summed E-state index contributed by atoms with van der Waals surface area (Å²) in [6.45, 7) is 5.82. The number of amides is 1. The maximum absolute atomic E-state index is 13.1. The third-order valence-corrected chi connectivity index (χ3v) is 5.97. The zero-order valence-electron chi connectivity index (χ0n) is 15.7. The Hall–Kier alpha value is -1.66. The summed E-state index contributed by atoms with van der Waals surface area (Å²) in [5.41, 5.74) is 10.1. The first-order valence-corrected chi connectivity index (χ1v) is 9.34. The summed E-state index contributed by atoms with van der Waals surface area (Å²) in [4.78, 5) is 17.7. The van der Waals surface area contributed by atoms with Crippen molar-refractivity contribution < 1.29 is 4.79 Å². The van der Waals surface area contributed by atoms with Gasteiger partial charge in [-0.2, -0.15) is 5.10 Å². The number of carbonyl (C=O) groups excluding carboxylic acids is 1. The van der Waals surface area contributed by atoms with Crippen molar-refractivity contribution in [1.29, 1.82) is 0 Å². The number of hydrogen-bond acceptors (Lipinski definition) is 4.